The van der Waals surface area contributed by atoms with E-state index in [9.17, 15) is 14.9 Å². The summed E-state index contributed by atoms with van der Waals surface area (Å²) in [4.78, 5) is 28.5. The van der Waals surface area contributed by atoms with Gasteiger partial charge in [-0.1, -0.05) is 29.8 Å². The maximum absolute atomic E-state index is 13.5. The van der Waals surface area contributed by atoms with Crippen LogP contribution in [0.1, 0.15) is 24.8 Å². The smallest absolute Gasteiger partial charge is 0.245 e. The van der Waals surface area contributed by atoms with Crippen LogP contribution in [0.15, 0.2) is 71.2 Å². The van der Waals surface area contributed by atoms with Gasteiger partial charge in [0.2, 0.25) is 5.91 Å². The van der Waals surface area contributed by atoms with Gasteiger partial charge >= 0.3 is 0 Å². The van der Waals surface area contributed by atoms with E-state index in [0.29, 0.717) is 46.8 Å². The van der Waals surface area contributed by atoms with Crippen molar-refractivity contribution in [3.05, 3.63) is 81.8 Å². The van der Waals surface area contributed by atoms with Gasteiger partial charge in [0, 0.05) is 39.7 Å². The van der Waals surface area contributed by atoms with Gasteiger partial charge in [0.05, 0.1) is 5.57 Å². The first-order valence-electron chi connectivity index (χ1n) is 9.64. The fourth-order valence-electron chi connectivity index (χ4n) is 4.83. The number of carbonyl (C=O) groups excluding carboxylic acids is 2. The highest BCUT2D eigenvalue weighted by atomic mass is 35.5. The van der Waals surface area contributed by atoms with E-state index in [1.807, 2.05) is 30.3 Å². The summed E-state index contributed by atoms with van der Waals surface area (Å²) >= 11 is 6.26. The molecular formula is C23H17ClN4O2. The highest BCUT2D eigenvalue weighted by Gasteiger charge is 2.60. The molecule has 2 aromatic rings. The Morgan fingerprint density at radius 2 is 1.90 bits per heavy atom. The molecule has 2 heterocycles. The van der Waals surface area contributed by atoms with E-state index < -0.39 is 11.3 Å². The third-order valence-corrected chi connectivity index (χ3v) is 6.24. The zero-order valence-electron chi connectivity index (χ0n) is 15.9. The van der Waals surface area contributed by atoms with Gasteiger partial charge in [-0.25, -0.2) is 0 Å². The first-order chi connectivity index (χ1) is 14.5. The van der Waals surface area contributed by atoms with E-state index in [2.05, 4.69) is 11.4 Å². The Kier molecular flexibility index (Phi) is 3.99. The van der Waals surface area contributed by atoms with Crippen molar-refractivity contribution in [2.24, 2.45) is 5.73 Å². The minimum absolute atomic E-state index is 0.0406. The molecule has 6 nitrogen and oxygen atoms in total. The average Bonchev–Trinajstić information content (AvgIpc) is 3.01. The molecule has 30 heavy (non-hydrogen) atoms. The topological polar surface area (TPSA) is 99.2 Å². The molecule has 5 rings (SSSR count). The molecule has 2 aliphatic heterocycles. The van der Waals surface area contributed by atoms with Gasteiger partial charge in [0.1, 0.15) is 17.3 Å². The van der Waals surface area contributed by atoms with E-state index in [0.717, 1.165) is 5.69 Å². The lowest BCUT2D eigenvalue weighted by molar-refractivity contribution is -0.122. The molecule has 7 heteroatoms. The molecule has 148 valence electrons. The lowest BCUT2D eigenvalue weighted by Crippen LogP contribution is -2.50. The summed E-state index contributed by atoms with van der Waals surface area (Å²) < 4.78 is 0. The number of hydrogen-bond donors (Lipinski definition) is 2. The molecule has 3 aliphatic rings. The number of nitrogens with two attached hydrogens (primary N) is 1. The van der Waals surface area contributed by atoms with Crippen molar-refractivity contribution >= 4 is 34.7 Å². The summed E-state index contributed by atoms with van der Waals surface area (Å²) in [7, 11) is 0. The molecule has 1 unspecified atom stereocenters. The van der Waals surface area contributed by atoms with Gasteiger partial charge in [-0.2, -0.15) is 5.26 Å². The zero-order valence-corrected chi connectivity index (χ0v) is 16.7. The number of amides is 1. The zero-order chi connectivity index (χ0) is 21.0. The molecule has 1 spiro atoms. The number of allylic oxidation sites excluding steroid dienone is 1. The van der Waals surface area contributed by atoms with Crippen LogP contribution >= 0.6 is 11.6 Å². The fraction of sp³-hybridized carbons (Fsp3) is 0.174. The van der Waals surface area contributed by atoms with E-state index in [4.69, 9.17) is 17.3 Å². The number of rotatable bonds is 1. The molecule has 0 saturated heterocycles. The number of ketones is 1. The Morgan fingerprint density at radius 3 is 2.63 bits per heavy atom. The second kappa shape index (κ2) is 6.48. The van der Waals surface area contributed by atoms with Gasteiger partial charge < -0.3 is 11.1 Å². The average molecular weight is 417 g/mol. The van der Waals surface area contributed by atoms with Crippen molar-refractivity contribution in [2.75, 3.05) is 10.2 Å². The summed E-state index contributed by atoms with van der Waals surface area (Å²) in [6.07, 6.45) is 1.53. The molecule has 0 radical (unpaired) electrons. The number of nitrogens with one attached hydrogen (secondary N) is 1. The largest absolute Gasteiger partial charge is 0.384 e. The lowest BCUT2D eigenvalue weighted by atomic mass is 9.64. The van der Waals surface area contributed by atoms with Crippen LogP contribution in [0.25, 0.3) is 0 Å². The highest BCUT2D eigenvalue weighted by Crippen LogP contribution is 2.55. The number of Topliss-reactive ketones (excluding diaryl/α,β-unsaturated/α-hetero) is 1. The molecule has 0 saturated carbocycles. The number of hydrogen-bond acceptors (Lipinski definition) is 5. The molecule has 1 atom stereocenters. The van der Waals surface area contributed by atoms with Gasteiger partial charge in [0.25, 0.3) is 0 Å². The van der Waals surface area contributed by atoms with Crippen LogP contribution in [0, 0.1) is 11.3 Å². The first kappa shape index (κ1) is 18.5. The summed E-state index contributed by atoms with van der Waals surface area (Å²) in [6.45, 7) is 0. The van der Waals surface area contributed by atoms with Gasteiger partial charge in [0.15, 0.2) is 5.78 Å². The minimum Gasteiger partial charge on any atom is -0.384 e. The molecule has 0 fully saturated rings. The number of para-hydroxylation sites is 1. The van der Waals surface area contributed by atoms with Crippen molar-refractivity contribution in [1.82, 2.24) is 0 Å². The van der Waals surface area contributed by atoms with Crippen LogP contribution in [-0.4, -0.2) is 11.7 Å². The van der Waals surface area contributed by atoms with Crippen molar-refractivity contribution in [1.29, 1.82) is 5.26 Å². The SMILES string of the molecule is N#CC1=C(N)N(c2ccccc2)C2=C(C(=O)CCC2)C12C(=O)Nc1ccc(Cl)cc12. The number of benzene rings is 2. The van der Waals surface area contributed by atoms with Crippen LogP contribution in [0.5, 0.6) is 0 Å². The number of nitriles is 1. The summed E-state index contributed by atoms with van der Waals surface area (Å²) in [5.41, 5.74) is 7.76. The van der Waals surface area contributed by atoms with Crippen molar-refractivity contribution in [2.45, 2.75) is 24.7 Å². The van der Waals surface area contributed by atoms with Gasteiger partial charge in [-0.3, -0.25) is 14.5 Å². The molecule has 1 amide bonds. The summed E-state index contributed by atoms with van der Waals surface area (Å²) in [5, 5.41) is 13.4. The Bertz CT molecular complexity index is 1230. The Hall–Kier alpha value is -3.56. The molecule has 1 aliphatic carbocycles. The van der Waals surface area contributed by atoms with Crippen LogP contribution in [-0.2, 0) is 15.0 Å². The Morgan fingerprint density at radius 1 is 1.13 bits per heavy atom. The number of carbonyl (C=O) groups is 2. The van der Waals surface area contributed by atoms with Crippen LogP contribution in [0.2, 0.25) is 5.02 Å². The molecule has 2 aromatic carbocycles. The van der Waals surface area contributed by atoms with Gasteiger partial charge in [-0.15, -0.1) is 0 Å². The first-order valence-corrected chi connectivity index (χ1v) is 10.0. The third kappa shape index (κ3) is 2.24. The third-order valence-electron chi connectivity index (χ3n) is 6.00. The monoisotopic (exact) mass is 416 g/mol. The van der Waals surface area contributed by atoms with Crippen LogP contribution in [0.3, 0.4) is 0 Å². The number of nitrogens with zero attached hydrogens (tertiary/aromatic N) is 2. The Labute approximate surface area is 178 Å². The van der Waals surface area contributed by atoms with Crippen molar-refractivity contribution < 1.29 is 9.59 Å². The fourth-order valence-corrected chi connectivity index (χ4v) is 5.01. The normalized spacial score (nSPS) is 22.7. The van der Waals surface area contributed by atoms with E-state index >= 15 is 0 Å². The maximum atomic E-state index is 13.5. The second-order valence-corrected chi connectivity index (χ2v) is 7.97. The molecule has 0 bridgehead atoms. The molecule has 3 N–H and O–H groups in total. The number of anilines is 2. The highest BCUT2D eigenvalue weighted by molar-refractivity contribution is 6.31. The molecule has 0 aromatic heterocycles. The van der Waals surface area contributed by atoms with E-state index in [-0.39, 0.29) is 17.2 Å². The van der Waals surface area contributed by atoms with Crippen molar-refractivity contribution in [3.8, 4) is 6.07 Å². The quantitative estimate of drug-likeness (QED) is 0.737. The number of halogens is 1. The van der Waals surface area contributed by atoms with E-state index in [1.165, 1.54) is 0 Å². The second-order valence-electron chi connectivity index (χ2n) is 7.54. The van der Waals surface area contributed by atoms with Crippen LogP contribution < -0.4 is 16.0 Å². The summed E-state index contributed by atoms with van der Waals surface area (Å²) in [5.74, 6) is -0.449. The summed E-state index contributed by atoms with van der Waals surface area (Å²) in [6, 6.07) is 16.5. The standard InChI is InChI=1S/C23H17ClN4O2/c24-13-9-10-17-15(11-13)23(22(30)27-17)16(12-25)21(26)28(14-5-2-1-3-6-14)18-7-4-8-19(29)20(18)23/h1-3,5-6,9-11H,4,7-8,26H2,(H,27,30). The van der Waals surface area contributed by atoms with E-state index in [1.54, 1.807) is 23.1 Å². The van der Waals surface area contributed by atoms with Crippen molar-refractivity contribution in [3.63, 3.8) is 0 Å². The van der Waals surface area contributed by atoms with Gasteiger partial charge in [-0.05, 0) is 43.2 Å². The lowest BCUT2D eigenvalue weighted by Gasteiger charge is -2.43. The predicted octanol–water partition coefficient (Wildman–Crippen LogP) is 3.75. The maximum Gasteiger partial charge on any atom is 0.245 e. The minimum atomic E-state index is -1.59. The predicted molar refractivity (Wildman–Crippen MR) is 113 cm³/mol. The number of fused-ring (bicyclic) bond motifs is 3. The molecular weight excluding hydrogens is 400 g/mol. The Balaban J connectivity index is 1.90. The van der Waals surface area contributed by atoms with Crippen LogP contribution in [0.4, 0.5) is 11.4 Å².